The number of hydrogen-bond acceptors (Lipinski definition) is 6. The first-order chi connectivity index (χ1) is 13.1. The van der Waals surface area contributed by atoms with Crippen LogP contribution in [0.4, 0.5) is 4.79 Å². The van der Waals surface area contributed by atoms with Crippen molar-refractivity contribution in [3.05, 3.63) is 35.9 Å². The van der Waals surface area contributed by atoms with Crippen LogP contribution in [0.5, 0.6) is 0 Å². The summed E-state index contributed by atoms with van der Waals surface area (Å²) < 4.78 is 15.2. The quantitative estimate of drug-likeness (QED) is 0.315. The van der Waals surface area contributed by atoms with E-state index in [4.69, 9.17) is 14.2 Å². The van der Waals surface area contributed by atoms with Crippen LogP contribution >= 0.6 is 0 Å². The Morgan fingerprint density at radius 1 is 1.04 bits per heavy atom. The van der Waals surface area contributed by atoms with Gasteiger partial charge in [-0.3, -0.25) is 4.79 Å². The number of benzene rings is 1. The zero-order valence-electron chi connectivity index (χ0n) is 15.5. The number of ether oxygens (including phenoxy) is 3. The Balaban J connectivity index is 1.53. The van der Waals surface area contributed by atoms with Crippen LogP contribution in [-0.4, -0.2) is 48.2 Å². The van der Waals surface area contributed by atoms with Crippen molar-refractivity contribution in [2.45, 2.75) is 51.3 Å². The fraction of sp³-hybridized carbons (Fsp3) is 0.550. The van der Waals surface area contributed by atoms with Gasteiger partial charge in [0.2, 0.25) is 5.78 Å². The van der Waals surface area contributed by atoms with Crippen LogP contribution in [0.3, 0.4) is 0 Å². The summed E-state index contributed by atoms with van der Waals surface area (Å²) in [5.74, 6) is -1.79. The minimum absolute atomic E-state index is 0.0688. The van der Waals surface area contributed by atoms with Crippen molar-refractivity contribution in [3.63, 3.8) is 0 Å². The highest BCUT2D eigenvalue weighted by Gasteiger charge is 2.47. The zero-order valence-corrected chi connectivity index (χ0v) is 15.5. The van der Waals surface area contributed by atoms with Gasteiger partial charge in [0.05, 0.1) is 0 Å². The summed E-state index contributed by atoms with van der Waals surface area (Å²) in [7, 11) is 0. The number of ketones is 1. The molecule has 2 aliphatic rings. The summed E-state index contributed by atoms with van der Waals surface area (Å²) in [6.45, 7) is 2.20. The Bertz CT molecular complexity index is 662. The molecule has 7 nitrogen and oxygen atoms in total. The molecule has 0 aromatic heterocycles. The van der Waals surface area contributed by atoms with E-state index in [1.807, 2.05) is 30.3 Å². The van der Waals surface area contributed by atoms with Gasteiger partial charge >= 0.3 is 12.1 Å². The van der Waals surface area contributed by atoms with Gasteiger partial charge < -0.3 is 19.1 Å². The number of fused-ring (bicyclic) bond motifs is 2. The normalized spacial score (nSPS) is 23.7. The van der Waals surface area contributed by atoms with Gasteiger partial charge in [-0.25, -0.2) is 9.59 Å². The molecule has 2 atom stereocenters. The highest BCUT2D eigenvalue weighted by atomic mass is 16.7. The molecular formula is C20H25NO6. The fourth-order valence-electron chi connectivity index (χ4n) is 3.90. The van der Waals surface area contributed by atoms with E-state index < -0.39 is 17.7 Å². The Hall–Kier alpha value is -2.41. The van der Waals surface area contributed by atoms with Crippen molar-refractivity contribution in [1.82, 2.24) is 4.90 Å². The number of carbonyl (C=O) groups is 3. The third-order valence-electron chi connectivity index (χ3n) is 5.20. The van der Waals surface area contributed by atoms with Crippen molar-refractivity contribution >= 4 is 17.8 Å². The van der Waals surface area contributed by atoms with Gasteiger partial charge in [0.15, 0.2) is 6.79 Å². The van der Waals surface area contributed by atoms with E-state index in [0.29, 0.717) is 19.4 Å². The van der Waals surface area contributed by atoms with E-state index in [9.17, 15) is 14.4 Å². The first kappa shape index (κ1) is 19.4. The van der Waals surface area contributed by atoms with E-state index >= 15 is 0 Å². The molecule has 27 heavy (non-hydrogen) atoms. The minimum atomic E-state index is -0.854. The van der Waals surface area contributed by atoms with Crippen LogP contribution in [-0.2, 0) is 30.4 Å². The fourth-order valence-corrected chi connectivity index (χ4v) is 3.90. The molecule has 2 fully saturated rings. The molecule has 1 aromatic carbocycles. The molecule has 2 unspecified atom stereocenters. The van der Waals surface area contributed by atoms with Gasteiger partial charge in [0, 0.05) is 24.6 Å². The van der Waals surface area contributed by atoms with Gasteiger partial charge in [-0.1, -0.05) is 30.3 Å². The van der Waals surface area contributed by atoms with Crippen LogP contribution in [0.15, 0.2) is 30.3 Å². The van der Waals surface area contributed by atoms with E-state index in [0.717, 1.165) is 18.4 Å². The zero-order chi connectivity index (χ0) is 19.2. The Morgan fingerprint density at radius 2 is 1.70 bits per heavy atom. The molecule has 0 radical (unpaired) electrons. The van der Waals surface area contributed by atoms with Crippen molar-refractivity contribution in [1.29, 1.82) is 0 Å². The maximum atomic E-state index is 12.5. The molecule has 146 valence electrons. The SMILES string of the molecule is CCOCOC(=O)C(=O)C1CC2CCC(C1)N2C(=O)OCc1ccccc1. The maximum absolute atomic E-state index is 12.5. The van der Waals surface area contributed by atoms with Crippen LogP contribution in [0, 0.1) is 5.92 Å². The number of nitrogens with zero attached hydrogens (tertiary/aromatic N) is 1. The molecule has 1 aromatic rings. The van der Waals surface area contributed by atoms with Crippen molar-refractivity contribution in [2.24, 2.45) is 5.92 Å². The van der Waals surface area contributed by atoms with Gasteiger partial charge in [-0.15, -0.1) is 0 Å². The standard InChI is InChI=1S/C20H25NO6/c1-2-25-13-27-19(23)18(22)15-10-16-8-9-17(11-15)21(16)20(24)26-12-14-6-4-3-5-7-14/h3-7,15-17H,2,8-13H2,1H3. The molecule has 3 rings (SSSR count). The lowest BCUT2D eigenvalue weighted by atomic mass is 9.87. The van der Waals surface area contributed by atoms with Crippen LogP contribution < -0.4 is 0 Å². The highest BCUT2D eigenvalue weighted by molar-refractivity contribution is 6.34. The van der Waals surface area contributed by atoms with Crippen molar-refractivity contribution < 1.29 is 28.6 Å². The third kappa shape index (κ3) is 4.66. The lowest BCUT2D eigenvalue weighted by Gasteiger charge is -2.37. The summed E-state index contributed by atoms with van der Waals surface area (Å²) in [4.78, 5) is 38.5. The molecule has 1 amide bonds. The van der Waals surface area contributed by atoms with Gasteiger partial charge in [-0.2, -0.15) is 0 Å². The summed E-state index contributed by atoms with van der Waals surface area (Å²) in [6, 6.07) is 9.37. The van der Waals surface area contributed by atoms with Crippen molar-refractivity contribution in [2.75, 3.05) is 13.4 Å². The molecule has 0 saturated carbocycles. The lowest BCUT2D eigenvalue weighted by molar-refractivity contribution is -0.165. The van der Waals surface area contributed by atoms with E-state index in [-0.39, 0.29) is 31.6 Å². The minimum Gasteiger partial charge on any atom is -0.445 e. The molecule has 0 spiro atoms. The van der Waals surface area contributed by atoms with E-state index in [1.165, 1.54) is 0 Å². The Morgan fingerprint density at radius 3 is 2.33 bits per heavy atom. The predicted octanol–water partition coefficient (Wildman–Crippen LogP) is 2.67. The van der Waals surface area contributed by atoms with Crippen LogP contribution in [0.2, 0.25) is 0 Å². The predicted molar refractivity (Wildman–Crippen MR) is 95.6 cm³/mol. The highest BCUT2D eigenvalue weighted by Crippen LogP contribution is 2.39. The second-order valence-electron chi connectivity index (χ2n) is 6.91. The Kier molecular flexibility index (Phi) is 6.45. The van der Waals surface area contributed by atoms with Crippen LogP contribution in [0.1, 0.15) is 38.2 Å². The maximum Gasteiger partial charge on any atom is 0.410 e. The topological polar surface area (TPSA) is 82.1 Å². The largest absolute Gasteiger partial charge is 0.445 e. The molecule has 2 saturated heterocycles. The molecule has 0 aliphatic carbocycles. The molecule has 2 heterocycles. The van der Waals surface area contributed by atoms with Crippen LogP contribution in [0.25, 0.3) is 0 Å². The summed E-state index contributed by atoms with van der Waals surface area (Å²) in [5, 5.41) is 0. The monoisotopic (exact) mass is 375 g/mol. The smallest absolute Gasteiger partial charge is 0.410 e. The summed E-state index contributed by atoms with van der Waals surface area (Å²) >= 11 is 0. The van der Waals surface area contributed by atoms with E-state index in [2.05, 4.69) is 0 Å². The average Bonchev–Trinajstić information content (AvgIpc) is 2.96. The molecule has 2 bridgehead atoms. The summed E-state index contributed by atoms with van der Waals surface area (Å²) in [5.41, 5.74) is 0.931. The number of rotatable bonds is 7. The van der Waals surface area contributed by atoms with Gasteiger partial charge in [0.1, 0.15) is 6.61 Å². The number of carbonyl (C=O) groups excluding carboxylic acids is 3. The number of hydrogen-bond donors (Lipinski definition) is 0. The number of Topliss-reactive ketones (excluding diaryl/α,β-unsaturated/α-hetero) is 1. The number of piperidine rings is 1. The third-order valence-corrected chi connectivity index (χ3v) is 5.20. The first-order valence-corrected chi connectivity index (χ1v) is 9.37. The summed E-state index contributed by atoms with van der Waals surface area (Å²) in [6.07, 6.45) is 2.24. The second kappa shape index (κ2) is 8.99. The molecular weight excluding hydrogens is 350 g/mol. The second-order valence-corrected chi connectivity index (χ2v) is 6.91. The number of amides is 1. The molecule has 7 heteroatoms. The van der Waals surface area contributed by atoms with Gasteiger partial charge in [0.25, 0.3) is 0 Å². The van der Waals surface area contributed by atoms with Gasteiger partial charge in [-0.05, 0) is 38.2 Å². The lowest BCUT2D eigenvalue weighted by Crippen LogP contribution is -2.49. The van der Waals surface area contributed by atoms with Crippen molar-refractivity contribution in [3.8, 4) is 0 Å². The first-order valence-electron chi connectivity index (χ1n) is 9.37. The number of esters is 1. The molecule has 0 N–H and O–H groups in total. The van der Waals surface area contributed by atoms with E-state index in [1.54, 1.807) is 11.8 Å². The average molecular weight is 375 g/mol. The molecule has 2 aliphatic heterocycles. The Labute approximate surface area is 158 Å².